The molecule has 142 valence electrons. The Labute approximate surface area is 179 Å². The first-order chi connectivity index (χ1) is 13.5. The van der Waals surface area contributed by atoms with Crippen LogP contribution in [-0.4, -0.2) is 4.98 Å². The Bertz CT molecular complexity index is 1030. The highest BCUT2D eigenvalue weighted by Gasteiger charge is 2.09. The number of rotatable bonds is 6. The molecule has 0 aliphatic heterocycles. The molecule has 2 aromatic carbocycles. The van der Waals surface area contributed by atoms with Gasteiger partial charge in [-0.1, -0.05) is 61.3 Å². The van der Waals surface area contributed by atoms with Gasteiger partial charge in [0.25, 0.3) is 0 Å². The Morgan fingerprint density at radius 2 is 1.93 bits per heavy atom. The highest BCUT2D eigenvalue weighted by Crippen LogP contribution is 2.28. The lowest BCUT2D eigenvalue weighted by Gasteiger charge is -2.05. The predicted molar refractivity (Wildman–Crippen MR) is 120 cm³/mol. The number of benzene rings is 2. The van der Waals surface area contributed by atoms with E-state index < -0.39 is 0 Å². The highest BCUT2D eigenvalue weighted by atomic mass is 35.5. The van der Waals surface area contributed by atoms with Gasteiger partial charge in [0.1, 0.15) is 16.6 Å². The predicted octanol–water partition coefficient (Wildman–Crippen LogP) is 7.29. The second-order valence-electron chi connectivity index (χ2n) is 6.78. The number of halogens is 2. The van der Waals surface area contributed by atoms with Crippen molar-refractivity contribution in [3.8, 4) is 17.3 Å². The van der Waals surface area contributed by atoms with Crippen LogP contribution in [0.25, 0.3) is 16.8 Å². The van der Waals surface area contributed by atoms with E-state index >= 15 is 0 Å². The molecule has 0 atom stereocenters. The lowest BCUT2D eigenvalue weighted by molar-refractivity contribution is 0.647. The van der Waals surface area contributed by atoms with E-state index in [2.05, 4.69) is 54.5 Å². The molecule has 0 aliphatic rings. The van der Waals surface area contributed by atoms with Crippen LogP contribution in [-0.2, 0) is 6.42 Å². The third kappa shape index (κ3) is 5.14. The van der Waals surface area contributed by atoms with Crippen molar-refractivity contribution < 1.29 is 0 Å². The van der Waals surface area contributed by atoms with Crippen molar-refractivity contribution >= 4 is 45.8 Å². The van der Waals surface area contributed by atoms with Crippen molar-refractivity contribution in [1.29, 1.82) is 5.26 Å². The molecule has 28 heavy (non-hydrogen) atoms. The lowest BCUT2D eigenvalue weighted by Crippen LogP contribution is -1.93. The fraction of sp³-hybridized carbons (Fsp3) is 0.182. The number of thiazole rings is 1. The summed E-state index contributed by atoms with van der Waals surface area (Å²) in [6.45, 7) is 4.42. The monoisotopic (exact) mass is 427 g/mol. The summed E-state index contributed by atoms with van der Waals surface area (Å²) in [5.74, 6) is 0.628. The first-order valence-corrected chi connectivity index (χ1v) is 10.5. The molecule has 0 bridgehead atoms. The molecule has 0 saturated carbocycles. The average molecular weight is 428 g/mol. The maximum atomic E-state index is 9.52. The molecule has 0 fully saturated rings. The van der Waals surface area contributed by atoms with Crippen LogP contribution in [0.3, 0.4) is 0 Å². The smallest absolute Gasteiger partial charge is 0.136 e. The molecular formula is C22H19Cl2N3S. The molecule has 6 heteroatoms. The zero-order chi connectivity index (χ0) is 20.1. The summed E-state index contributed by atoms with van der Waals surface area (Å²) in [5.41, 5.74) is 4.44. The van der Waals surface area contributed by atoms with Crippen LogP contribution in [0.15, 0.2) is 54.0 Å². The van der Waals surface area contributed by atoms with Gasteiger partial charge in [-0.15, -0.1) is 11.3 Å². The third-order valence-electron chi connectivity index (χ3n) is 4.05. The van der Waals surface area contributed by atoms with Gasteiger partial charge in [-0.25, -0.2) is 4.98 Å². The second-order valence-corrected chi connectivity index (χ2v) is 8.45. The fourth-order valence-electron chi connectivity index (χ4n) is 2.70. The van der Waals surface area contributed by atoms with Crippen LogP contribution < -0.4 is 5.32 Å². The Morgan fingerprint density at radius 3 is 2.57 bits per heavy atom. The lowest BCUT2D eigenvalue weighted by atomic mass is 10.0. The van der Waals surface area contributed by atoms with Gasteiger partial charge in [0.15, 0.2) is 0 Å². The van der Waals surface area contributed by atoms with Gasteiger partial charge in [0.2, 0.25) is 0 Å². The summed E-state index contributed by atoms with van der Waals surface area (Å²) >= 11 is 13.4. The molecular weight excluding hydrogens is 409 g/mol. The minimum absolute atomic E-state index is 0.455. The Kier molecular flexibility index (Phi) is 6.74. The van der Waals surface area contributed by atoms with Crippen molar-refractivity contribution in [1.82, 2.24) is 4.98 Å². The second kappa shape index (κ2) is 9.25. The molecule has 0 aliphatic carbocycles. The van der Waals surface area contributed by atoms with E-state index in [0.717, 1.165) is 23.4 Å². The maximum Gasteiger partial charge on any atom is 0.136 e. The van der Waals surface area contributed by atoms with Crippen LogP contribution in [0.4, 0.5) is 5.69 Å². The molecule has 1 N–H and O–H groups in total. The standard InChI is InChI=1S/C22H19Cl2N3S/c1-14(2)9-15-3-5-16(6-4-15)21-13-28-22(27-21)17(11-25)12-26-18-7-8-19(23)20(24)10-18/h3-8,10,12-14,26H,9H2,1-2H3. The molecule has 0 radical (unpaired) electrons. The van der Waals surface area contributed by atoms with Gasteiger partial charge in [0.05, 0.1) is 15.7 Å². The molecule has 0 spiro atoms. The summed E-state index contributed by atoms with van der Waals surface area (Å²) in [5, 5.41) is 16.2. The van der Waals surface area contributed by atoms with Gasteiger partial charge in [0, 0.05) is 22.8 Å². The van der Waals surface area contributed by atoms with E-state index in [0.29, 0.717) is 26.5 Å². The molecule has 1 heterocycles. The van der Waals surface area contributed by atoms with Crippen molar-refractivity contribution in [3.05, 3.63) is 74.7 Å². The number of hydrogen-bond donors (Lipinski definition) is 1. The largest absolute Gasteiger partial charge is 0.360 e. The number of anilines is 1. The summed E-state index contributed by atoms with van der Waals surface area (Å²) in [6.07, 6.45) is 2.69. The molecule has 3 nitrogen and oxygen atoms in total. The molecule has 3 rings (SSSR count). The fourth-order valence-corrected chi connectivity index (χ4v) is 3.79. The van der Waals surface area contributed by atoms with Gasteiger partial charge in [-0.2, -0.15) is 5.26 Å². The summed E-state index contributed by atoms with van der Waals surface area (Å²) in [7, 11) is 0. The third-order valence-corrected chi connectivity index (χ3v) is 5.67. The van der Waals surface area contributed by atoms with Crippen molar-refractivity contribution in [2.24, 2.45) is 5.92 Å². The van der Waals surface area contributed by atoms with Crippen LogP contribution in [0, 0.1) is 17.2 Å². The normalized spacial score (nSPS) is 11.5. The summed E-state index contributed by atoms with van der Waals surface area (Å²) in [4.78, 5) is 4.63. The van der Waals surface area contributed by atoms with E-state index in [9.17, 15) is 5.26 Å². The van der Waals surface area contributed by atoms with Crippen molar-refractivity contribution in [2.75, 3.05) is 5.32 Å². The van der Waals surface area contributed by atoms with Crippen molar-refractivity contribution in [3.63, 3.8) is 0 Å². The summed E-state index contributed by atoms with van der Waals surface area (Å²) in [6, 6.07) is 15.9. The molecule has 0 saturated heterocycles. The number of allylic oxidation sites excluding steroid dienone is 1. The maximum absolute atomic E-state index is 9.52. The zero-order valence-electron chi connectivity index (χ0n) is 15.5. The van der Waals surface area contributed by atoms with Crippen molar-refractivity contribution in [2.45, 2.75) is 20.3 Å². The van der Waals surface area contributed by atoms with E-state index in [1.165, 1.54) is 16.9 Å². The van der Waals surface area contributed by atoms with Crippen LogP contribution >= 0.6 is 34.5 Å². The van der Waals surface area contributed by atoms with E-state index in [1.54, 1.807) is 24.4 Å². The topological polar surface area (TPSA) is 48.7 Å². The Hall–Kier alpha value is -2.32. The van der Waals surface area contributed by atoms with Crippen LogP contribution in [0.2, 0.25) is 10.0 Å². The van der Waals surface area contributed by atoms with Crippen LogP contribution in [0.5, 0.6) is 0 Å². The summed E-state index contributed by atoms with van der Waals surface area (Å²) < 4.78 is 0. The molecule has 1 aromatic heterocycles. The highest BCUT2D eigenvalue weighted by molar-refractivity contribution is 7.11. The number of nitriles is 1. The molecule has 3 aromatic rings. The first-order valence-electron chi connectivity index (χ1n) is 8.83. The number of nitrogens with zero attached hydrogens (tertiary/aromatic N) is 2. The minimum atomic E-state index is 0.455. The molecule has 0 amide bonds. The number of hydrogen-bond acceptors (Lipinski definition) is 4. The quantitative estimate of drug-likeness (QED) is 0.419. The Morgan fingerprint density at radius 1 is 1.18 bits per heavy atom. The van der Waals surface area contributed by atoms with Gasteiger partial charge in [-0.05, 0) is 36.1 Å². The van der Waals surface area contributed by atoms with E-state index in [1.807, 2.05) is 5.38 Å². The van der Waals surface area contributed by atoms with Gasteiger partial charge < -0.3 is 5.32 Å². The Balaban J connectivity index is 1.77. The number of aromatic nitrogens is 1. The zero-order valence-corrected chi connectivity index (χ0v) is 17.9. The SMILES string of the molecule is CC(C)Cc1ccc(-c2csc(C(C#N)=CNc3ccc(Cl)c(Cl)c3)n2)cc1. The van der Waals surface area contributed by atoms with E-state index in [4.69, 9.17) is 23.2 Å². The van der Waals surface area contributed by atoms with Gasteiger partial charge in [-0.3, -0.25) is 0 Å². The van der Waals surface area contributed by atoms with Crippen LogP contribution in [0.1, 0.15) is 24.4 Å². The van der Waals surface area contributed by atoms with Gasteiger partial charge >= 0.3 is 0 Å². The average Bonchev–Trinajstić information content (AvgIpc) is 3.15. The molecule has 0 unspecified atom stereocenters. The minimum Gasteiger partial charge on any atom is -0.360 e. The van der Waals surface area contributed by atoms with E-state index in [-0.39, 0.29) is 0 Å². The first kappa shape index (κ1) is 20.4. The number of nitrogens with one attached hydrogen (secondary N) is 1.